The van der Waals surface area contributed by atoms with Gasteiger partial charge in [0.15, 0.2) is 0 Å². The van der Waals surface area contributed by atoms with Gasteiger partial charge in [-0.25, -0.2) is 0 Å². The fourth-order valence-corrected chi connectivity index (χ4v) is 4.63. The van der Waals surface area contributed by atoms with Crippen LogP contribution in [0.5, 0.6) is 5.75 Å². The molecule has 1 fully saturated rings. The van der Waals surface area contributed by atoms with E-state index in [2.05, 4.69) is 4.98 Å². The molecule has 2 aromatic carbocycles. The predicted molar refractivity (Wildman–Crippen MR) is 128 cm³/mol. The van der Waals surface area contributed by atoms with E-state index in [-0.39, 0.29) is 26.9 Å². The van der Waals surface area contributed by atoms with Crippen molar-refractivity contribution in [1.29, 1.82) is 0 Å². The van der Waals surface area contributed by atoms with Gasteiger partial charge in [-0.15, -0.1) is 0 Å². The summed E-state index contributed by atoms with van der Waals surface area (Å²) < 4.78 is 5.35. The van der Waals surface area contributed by atoms with E-state index in [9.17, 15) is 14.7 Å². The van der Waals surface area contributed by atoms with Crippen LogP contribution in [0.25, 0.3) is 5.76 Å². The third kappa shape index (κ3) is 3.96. The molecule has 1 aliphatic heterocycles. The molecular formula is C25H20Cl2N2O4. The van der Waals surface area contributed by atoms with Gasteiger partial charge in [-0.1, -0.05) is 47.0 Å². The van der Waals surface area contributed by atoms with Crippen molar-refractivity contribution < 1.29 is 19.4 Å². The number of amides is 1. The smallest absolute Gasteiger partial charge is 0.300 e. The summed E-state index contributed by atoms with van der Waals surface area (Å²) in [7, 11) is 1.39. The minimum atomic E-state index is -0.963. The zero-order chi connectivity index (χ0) is 23.9. The van der Waals surface area contributed by atoms with Gasteiger partial charge >= 0.3 is 0 Å². The highest BCUT2D eigenvalue weighted by atomic mass is 35.5. The molecule has 1 unspecified atom stereocenters. The van der Waals surface area contributed by atoms with Crippen LogP contribution in [0.2, 0.25) is 10.0 Å². The predicted octanol–water partition coefficient (Wildman–Crippen LogP) is 5.64. The number of benzene rings is 2. The zero-order valence-corrected chi connectivity index (χ0v) is 19.6. The number of carbonyl (C=O) groups excluding carboxylic acids is 2. The number of aliphatic hydroxyl groups is 1. The molecule has 1 N–H and O–H groups in total. The molecule has 0 radical (unpaired) electrons. The van der Waals surface area contributed by atoms with Gasteiger partial charge in [-0.3, -0.25) is 19.5 Å². The van der Waals surface area contributed by atoms with Crippen molar-refractivity contribution in [3.05, 3.63) is 92.7 Å². The Hall–Kier alpha value is -3.35. The zero-order valence-electron chi connectivity index (χ0n) is 18.1. The van der Waals surface area contributed by atoms with Crippen LogP contribution in [0, 0.1) is 13.8 Å². The van der Waals surface area contributed by atoms with Gasteiger partial charge in [0.2, 0.25) is 0 Å². The molecule has 6 nitrogen and oxygen atoms in total. The number of Topliss-reactive ketones (excluding diaryl/α,β-unsaturated/α-hetero) is 1. The van der Waals surface area contributed by atoms with Gasteiger partial charge in [0, 0.05) is 16.9 Å². The average molecular weight is 483 g/mol. The maximum absolute atomic E-state index is 13.3. The summed E-state index contributed by atoms with van der Waals surface area (Å²) in [5.74, 6) is -1.93. The van der Waals surface area contributed by atoms with E-state index >= 15 is 0 Å². The number of hydrogen-bond acceptors (Lipinski definition) is 5. The van der Waals surface area contributed by atoms with Gasteiger partial charge in [-0.2, -0.15) is 0 Å². The van der Waals surface area contributed by atoms with Gasteiger partial charge in [0.05, 0.1) is 29.0 Å². The van der Waals surface area contributed by atoms with E-state index in [1.807, 2.05) is 26.0 Å². The monoisotopic (exact) mass is 482 g/mol. The van der Waals surface area contributed by atoms with Crippen LogP contribution in [-0.2, 0) is 9.59 Å². The van der Waals surface area contributed by atoms with Crippen molar-refractivity contribution in [3.63, 3.8) is 0 Å². The third-order valence-corrected chi connectivity index (χ3v) is 5.99. The van der Waals surface area contributed by atoms with E-state index < -0.39 is 23.5 Å². The second-order valence-corrected chi connectivity index (χ2v) is 8.53. The molecule has 3 aromatic rings. The molecule has 1 amide bonds. The number of ketones is 1. The lowest BCUT2D eigenvalue weighted by atomic mass is 9.97. The first-order valence-electron chi connectivity index (χ1n) is 10.1. The van der Waals surface area contributed by atoms with Crippen LogP contribution < -0.4 is 9.64 Å². The minimum absolute atomic E-state index is 0.106. The first kappa shape index (κ1) is 22.8. The van der Waals surface area contributed by atoms with Crippen LogP contribution in [0.1, 0.15) is 28.4 Å². The Morgan fingerprint density at radius 3 is 2.48 bits per heavy atom. The average Bonchev–Trinajstić information content (AvgIpc) is 3.04. The highest BCUT2D eigenvalue weighted by Gasteiger charge is 2.48. The largest absolute Gasteiger partial charge is 0.507 e. The Balaban J connectivity index is 2.02. The summed E-state index contributed by atoms with van der Waals surface area (Å²) in [6.45, 7) is 3.80. The maximum atomic E-state index is 13.3. The molecule has 1 aromatic heterocycles. The molecule has 1 saturated heterocycles. The molecular weight excluding hydrogens is 463 g/mol. The van der Waals surface area contributed by atoms with Crippen LogP contribution in [-0.4, -0.2) is 28.9 Å². The summed E-state index contributed by atoms with van der Waals surface area (Å²) in [5.41, 5.74) is 2.77. The number of nitrogens with zero attached hydrogens (tertiary/aromatic N) is 2. The summed E-state index contributed by atoms with van der Waals surface area (Å²) >= 11 is 12.4. The summed E-state index contributed by atoms with van der Waals surface area (Å²) in [6, 6.07) is 12.7. The highest BCUT2D eigenvalue weighted by Crippen LogP contribution is 2.45. The highest BCUT2D eigenvalue weighted by molar-refractivity contribution is 6.52. The van der Waals surface area contributed by atoms with Gasteiger partial charge in [0.1, 0.15) is 17.6 Å². The number of methoxy groups -OCH3 is 1. The molecule has 0 saturated carbocycles. The molecule has 8 heteroatoms. The Kier molecular flexibility index (Phi) is 6.15. The molecule has 1 atom stereocenters. The third-order valence-electron chi connectivity index (χ3n) is 5.49. The van der Waals surface area contributed by atoms with Crippen molar-refractivity contribution in [3.8, 4) is 5.75 Å². The van der Waals surface area contributed by atoms with E-state index in [1.54, 1.807) is 30.5 Å². The first-order chi connectivity index (χ1) is 15.7. The van der Waals surface area contributed by atoms with Crippen LogP contribution in [0.4, 0.5) is 5.69 Å². The van der Waals surface area contributed by atoms with Gasteiger partial charge in [0.25, 0.3) is 11.7 Å². The molecule has 33 heavy (non-hydrogen) atoms. The van der Waals surface area contributed by atoms with E-state index in [0.717, 1.165) is 11.1 Å². The van der Waals surface area contributed by atoms with Gasteiger partial charge < -0.3 is 9.84 Å². The van der Waals surface area contributed by atoms with E-state index in [1.165, 1.54) is 24.1 Å². The summed E-state index contributed by atoms with van der Waals surface area (Å²) in [4.78, 5) is 32.3. The lowest BCUT2D eigenvalue weighted by Crippen LogP contribution is -2.30. The number of ether oxygens (including phenoxy) is 1. The van der Waals surface area contributed by atoms with Crippen LogP contribution >= 0.6 is 23.2 Å². The molecule has 0 bridgehead atoms. The Morgan fingerprint density at radius 2 is 1.85 bits per heavy atom. The fourth-order valence-electron chi connectivity index (χ4n) is 4.06. The lowest BCUT2D eigenvalue weighted by molar-refractivity contribution is -0.132. The van der Waals surface area contributed by atoms with Gasteiger partial charge in [-0.05, 0) is 49.7 Å². The quantitative estimate of drug-likeness (QED) is 0.295. The number of aromatic nitrogens is 1. The lowest BCUT2D eigenvalue weighted by Gasteiger charge is -2.26. The van der Waals surface area contributed by atoms with Crippen molar-refractivity contribution in [2.45, 2.75) is 19.9 Å². The van der Waals surface area contributed by atoms with Crippen molar-refractivity contribution >= 4 is 46.3 Å². The Bertz CT molecular complexity index is 1310. The van der Waals surface area contributed by atoms with E-state index in [0.29, 0.717) is 11.4 Å². The number of carbonyl (C=O) groups is 2. The number of rotatable bonds is 4. The minimum Gasteiger partial charge on any atom is -0.507 e. The number of hydrogen-bond donors (Lipinski definition) is 1. The molecule has 168 valence electrons. The summed E-state index contributed by atoms with van der Waals surface area (Å²) in [6.07, 6.45) is 1.56. The molecule has 0 aliphatic carbocycles. The number of aryl methyl sites for hydroxylation is 2. The van der Waals surface area contributed by atoms with Crippen LogP contribution in [0.3, 0.4) is 0 Å². The number of anilines is 1. The Labute approximate surface area is 201 Å². The summed E-state index contributed by atoms with van der Waals surface area (Å²) in [5, 5.41) is 11.7. The second-order valence-electron chi connectivity index (χ2n) is 7.68. The maximum Gasteiger partial charge on any atom is 0.300 e. The Morgan fingerprint density at radius 1 is 1.09 bits per heavy atom. The molecule has 4 rings (SSSR count). The van der Waals surface area contributed by atoms with Crippen molar-refractivity contribution in [2.24, 2.45) is 0 Å². The van der Waals surface area contributed by atoms with Crippen LogP contribution in [0.15, 0.2) is 60.3 Å². The fraction of sp³-hybridized carbons (Fsp3) is 0.160. The standard InChI is InChI=1S/C25H20Cl2N2O4/c1-13-7-8-19(14(2)10-13)29-21(18-6-4-5-9-28-18)20(23(31)25(29)32)22(30)16-11-15(26)12-17(27)24(16)33-3/h4-12,21,30H,1-3H3/b22-20+. The van der Waals surface area contributed by atoms with E-state index in [4.69, 9.17) is 27.9 Å². The first-order valence-corrected chi connectivity index (χ1v) is 10.8. The number of halogens is 2. The van der Waals surface area contributed by atoms with Crippen molar-refractivity contribution in [1.82, 2.24) is 4.98 Å². The topological polar surface area (TPSA) is 79.7 Å². The molecule has 1 aliphatic rings. The number of pyridine rings is 1. The normalized spacial score (nSPS) is 17.5. The SMILES string of the molecule is COc1c(Cl)cc(Cl)cc1/C(O)=C1\C(=O)C(=O)N(c2ccc(C)cc2C)C1c1ccccn1. The number of aliphatic hydroxyl groups excluding tert-OH is 1. The molecule has 2 heterocycles. The van der Waals surface area contributed by atoms with Crippen molar-refractivity contribution in [2.75, 3.05) is 12.0 Å². The molecule has 0 spiro atoms. The second kappa shape index (κ2) is 8.89.